The summed E-state index contributed by atoms with van der Waals surface area (Å²) in [6, 6.07) is 0. The Bertz CT molecular complexity index is 136. The summed E-state index contributed by atoms with van der Waals surface area (Å²) in [6.07, 6.45) is 0. The molecule has 0 radical (unpaired) electrons. The highest BCUT2D eigenvalue weighted by Crippen LogP contribution is 2.51. The lowest BCUT2D eigenvalue weighted by Crippen LogP contribution is -2.38. The molecule has 0 bridgehead atoms. The van der Waals surface area contributed by atoms with Gasteiger partial charge in [0.05, 0.1) is 16.1 Å². The molecule has 1 fully saturated rings. The zero-order chi connectivity index (χ0) is 8.86. The molecule has 1 rings (SSSR count). The highest BCUT2D eigenvalue weighted by atomic mass is 32.2. The zero-order valence-corrected chi connectivity index (χ0v) is 11.4. The van der Waals surface area contributed by atoms with Gasteiger partial charge in [0.1, 0.15) is 0 Å². The maximum absolute atomic E-state index is 2.50. The first kappa shape index (κ1) is 9.87. The van der Waals surface area contributed by atoms with Gasteiger partial charge in [-0.3, -0.25) is 0 Å². The molecule has 3 heteroatoms. The topological polar surface area (TPSA) is 0 Å². The third-order valence-electron chi connectivity index (χ3n) is 2.20. The van der Waals surface area contributed by atoms with Crippen LogP contribution in [0, 0.1) is 0 Å². The number of hydrogen-bond donors (Lipinski definition) is 0. The van der Waals surface area contributed by atoms with Crippen molar-refractivity contribution in [1.82, 2.24) is 0 Å². The maximum Gasteiger partial charge on any atom is 0.0597 e. The summed E-state index contributed by atoms with van der Waals surface area (Å²) in [4.78, 5) is 2.18. The molecule has 0 aliphatic carbocycles. The van der Waals surface area contributed by atoms with Crippen molar-refractivity contribution >= 4 is 27.9 Å². The lowest BCUT2D eigenvalue weighted by molar-refractivity contribution is 1.30. The van der Waals surface area contributed by atoms with Gasteiger partial charge in [0.25, 0.3) is 0 Å². The molecule has 0 aromatic carbocycles. The molecule has 1 saturated heterocycles. The van der Waals surface area contributed by atoms with Crippen molar-refractivity contribution in [3.63, 3.8) is 0 Å². The van der Waals surface area contributed by atoms with Gasteiger partial charge in [-0.15, -0.1) is 0 Å². The van der Waals surface area contributed by atoms with E-state index in [2.05, 4.69) is 51.0 Å². The third kappa shape index (κ3) is 2.36. The molecule has 2 atom stereocenters. The monoisotopic (exact) mass is 204 g/mol. The summed E-state index contributed by atoms with van der Waals surface area (Å²) in [6.45, 7) is 15.0. The molecule has 1 aliphatic heterocycles. The van der Waals surface area contributed by atoms with E-state index in [1.807, 2.05) is 0 Å². The van der Waals surface area contributed by atoms with Crippen molar-refractivity contribution in [1.29, 1.82) is 0 Å². The van der Waals surface area contributed by atoms with Gasteiger partial charge < -0.3 is 0 Å². The van der Waals surface area contributed by atoms with E-state index in [0.29, 0.717) is 0 Å². The predicted molar refractivity (Wildman–Crippen MR) is 61.9 cm³/mol. The molecule has 0 saturated carbocycles. The van der Waals surface area contributed by atoms with Crippen LogP contribution in [0.2, 0.25) is 39.3 Å². The minimum absolute atomic E-state index is 0.799. The van der Waals surface area contributed by atoms with Crippen LogP contribution >= 0.6 is 11.8 Å². The summed E-state index contributed by atoms with van der Waals surface area (Å²) in [7, 11) is -1.60. The highest BCUT2D eigenvalue weighted by Gasteiger charge is 2.53. The van der Waals surface area contributed by atoms with Crippen molar-refractivity contribution in [2.45, 2.75) is 49.0 Å². The second kappa shape index (κ2) is 2.64. The SMILES string of the molecule is C[Si](C)(C)[C@@H]1S[C@H]1[Si](C)(C)C. The summed E-state index contributed by atoms with van der Waals surface area (Å²) >= 11 is 2.27. The Morgan fingerprint density at radius 3 is 1.09 bits per heavy atom. The fourth-order valence-electron chi connectivity index (χ4n) is 1.43. The van der Waals surface area contributed by atoms with Crippen LogP contribution in [0.25, 0.3) is 0 Å². The minimum Gasteiger partial charge on any atom is -0.160 e. The molecule has 0 amide bonds. The van der Waals surface area contributed by atoms with Gasteiger partial charge in [0.2, 0.25) is 0 Å². The van der Waals surface area contributed by atoms with E-state index in [1.54, 1.807) is 0 Å². The van der Waals surface area contributed by atoms with Crippen LogP contribution in [0.1, 0.15) is 0 Å². The Labute approximate surface area is 77.2 Å². The van der Waals surface area contributed by atoms with E-state index in [-0.39, 0.29) is 0 Å². The first-order valence-electron chi connectivity index (χ1n) is 4.38. The molecule has 0 unspecified atom stereocenters. The van der Waals surface area contributed by atoms with Crippen molar-refractivity contribution in [3.05, 3.63) is 0 Å². The lowest BCUT2D eigenvalue weighted by Gasteiger charge is -2.19. The summed E-state index contributed by atoms with van der Waals surface area (Å²) in [5.74, 6) is 0. The average molecular weight is 204 g/mol. The Morgan fingerprint density at radius 1 is 0.727 bits per heavy atom. The van der Waals surface area contributed by atoms with Gasteiger partial charge in [-0.05, 0) is 0 Å². The Kier molecular flexibility index (Phi) is 2.37. The number of hydrogen-bond acceptors (Lipinski definition) is 1. The standard InChI is InChI=1S/C8H20SSi2/c1-10(2,3)7-8(9-7)11(4,5)6/h7-8H,1-6H3/t7-,8-/m0/s1. The minimum atomic E-state index is -0.799. The molecule has 1 heterocycles. The molecular weight excluding hydrogens is 184 g/mol. The van der Waals surface area contributed by atoms with Gasteiger partial charge in [-0.25, -0.2) is 0 Å². The maximum atomic E-state index is 2.50. The Morgan fingerprint density at radius 2 is 1.00 bits per heavy atom. The van der Waals surface area contributed by atoms with E-state index in [1.165, 1.54) is 0 Å². The second-order valence-corrected chi connectivity index (χ2v) is 18.5. The molecule has 0 spiro atoms. The van der Waals surface area contributed by atoms with E-state index < -0.39 is 16.1 Å². The summed E-state index contributed by atoms with van der Waals surface area (Å²) in [5, 5.41) is 0. The smallest absolute Gasteiger partial charge is 0.0597 e. The number of thioether (sulfide) groups is 1. The van der Waals surface area contributed by atoms with Crippen molar-refractivity contribution in [2.24, 2.45) is 0 Å². The highest BCUT2D eigenvalue weighted by molar-refractivity contribution is 8.11. The van der Waals surface area contributed by atoms with Crippen LogP contribution in [-0.4, -0.2) is 25.9 Å². The van der Waals surface area contributed by atoms with Crippen LogP contribution in [0.15, 0.2) is 0 Å². The van der Waals surface area contributed by atoms with Crippen LogP contribution in [0.5, 0.6) is 0 Å². The van der Waals surface area contributed by atoms with E-state index in [4.69, 9.17) is 0 Å². The lowest BCUT2D eigenvalue weighted by atomic mass is 10.9. The fraction of sp³-hybridized carbons (Fsp3) is 1.00. The molecule has 11 heavy (non-hydrogen) atoms. The molecule has 0 nitrogen and oxygen atoms in total. The average Bonchev–Trinajstić information content (AvgIpc) is 2.30. The number of rotatable bonds is 2. The first-order valence-corrected chi connectivity index (χ1v) is 12.5. The quantitative estimate of drug-likeness (QED) is 0.492. The van der Waals surface area contributed by atoms with Crippen molar-refractivity contribution in [2.75, 3.05) is 0 Å². The first-order chi connectivity index (χ1) is 4.73. The molecule has 66 valence electrons. The van der Waals surface area contributed by atoms with Crippen LogP contribution < -0.4 is 0 Å². The molecule has 0 N–H and O–H groups in total. The van der Waals surface area contributed by atoms with E-state index in [9.17, 15) is 0 Å². The van der Waals surface area contributed by atoms with Gasteiger partial charge in [0, 0.05) is 9.75 Å². The van der Waals surface area contributed by atoms with Crippen LogP contribution in [0.3, 0.4) is 0 Å². The Hall–Kier alpha value is 0.784. The van der Waals surface area contributed by atoms with Crippen LogP contribution in [0.4, 0.5) is 0 Å². The van der Waals surface area contributed by atoms with Gasteiger partial charge >= 0.3 is 0 Å². The van der Waals surface area contributed by atoms with Crippen LogP contribution in [-0.2, 0) is 0 Å². The summed E-state index contributed by atoms with van der Waals surface area (Å²) in [5.41, 5.74) is 0. The normalized spacial score (nSPS) is 32.2. The van der Waals surface area contributed by atoms with Crippen molar-refractivity contribution < 1.29 is 0 Å². The molecular formula is C8H20SSi2. The largest absolute Gasteiger partial charge is 0.160 e. The van der Waals surface area contributed by atoms with E-state index in [0.717, 1.165) is 9.75 Å². The molecule has 0 aromatic rings. The summed E-state index contributed by atoms with van der Waals surface area (Å²) < 4.78 is 0. The van der Waals surface area contributed by atoms with Crippen molar-refractivity contribution in [3.8, 4) is 0 Å². The molecule has 1 aliphatic rings. The third-order valence-corrected chi connectivity index (χ3v) is 13.0. The fourth-order valence-corrected chi connectivity index (χ4v) is 13.5. The van der Waals surface area contributed by atoms with E-state index >= 15 is 0 Å². The Balaban J connectivity index is 2.51. The van der Waals surface area contributed by atoms with Gasteiger partial charge in [-0.2, -0.15) is 11.8 Å². The van der Waals surface area contributed by atoms with Gasteiger partial charge in [-0.1, -0.05) is 39.3 Å². The zero-order valence-electron chi connectivity index (χ0n) is 8.56. The second-order valence-electron chi connectivity index (χ2n) is 5.71. The van der Waals surface area contributed by atoms with Gasteiger partial charge in [0.15, 0.2) is 0 Å². The molecule has 0 aromatic heterocycles. The predicted octanol–water partition coefficient (Wildman–Crippen LogP) is 3.23.